The van der Waals surface area contributed by atoms with Crippen molar-refractivity contribution in [2.24, 2.45) is 0 Å². The maximum absolute atomic E-state index is 12.3. The summed E-state index contributed by atoms with van der Waals surface area (Å²) in [6.45, 7) is 0. The van der Waals surface area contributed by atoms with Gasteiger partial charge < -0.3 is 56.2 Å². The van der Waals surface area contributed by atoms with Gasteiger partial charge in [0.25, 0.3) is 0 Å². The molecule has 0 radical (unpaired) electrons. The van der Waals surface area contributed by atoms with E-state index in [9.17, 15) is 49.7 Å². The maximum atomic E-state index is 12.3. The van der Waals surface area contributed by atoms with Crippen LogP contribution in [0, 0.1) is 67.0 Å². The van der Waals surface area contributed by atoms with Crippen LogP contribution in [0.5, 0.6) is 63.2 Å². The fraction of sp³-hybridized carbons (Fsp3) is 0.0204. The molecule has 78 heavy (non-hydrogen) atoms. The molecule has 0 spiro atoms. The third-order valence-corrected chi connectivity index (χ3v) is 15.0. The second kappa shape index (κ2) is 36.2. The standard InChI is InChI=1S/C7H5F3O.C6H2F4O2.C6H4FIO.C6H5FO.C6H3I3O.2C6H4I2O2.C6H5IO/c8-7(9,10)5-1-3-6(11)4-2-5;7-1-2(8)6(12)4(10)3(9)5(1)11;7-5-3-4(8)1-2-6(5)9;7-5-1-3-6(8)4-2-5;7-3-1-4(8)6(10)5(9)2-3;7-3-1-5(9)4(8)2-6(3)10;7-4-1-3(9)2-5(8)6(4)10;7-5-1-3-6(8)4-2-5/h1-4,11H;11-12H;1-3,9H;1-4,8H;1-2,10H;2*1-2,9-10H;1-4,8H. The molecule has 0 aliphatic carbocycles. The van der Waals surface area contributed by atoms with Gasteiger partial charge in [-0.2, -0.15) is 30.7 Å². The molecule has 0 amide bonds. The molecule has 0 atom stereocenters. The summed E-state index contributed by atoms with van der Waals surface area (Å²) in [5, 5.41) is 97.1. The van der Waals surface area contributed by atoms with Crippen LogP contribution in [0.3, 0.4) is 0 Å². The zero-order valence-corrected chi connectivity index (χ0v) is 57.3. The number of hydrogen-bond acceptors (Lipinski definition) is 11. The van der Waals surface area contributed by atoms with Crippen LogP contribution in [0.15, 0.2) is 127 Å². The summed E-state index contributed by atoms with van der Waals surface area (Å²) in [4.78, 5) is 0. The van der Waals surface area contributed by atoms with Gasteiger partial charge in [-0.25, -0.2) is 8.78 Å². The zero-order valence-electron chi connectivity index (χ0n) is 37.8. The number of aromatic hydroxyl groups is 11. The first-order chi connectivity index (χ1) is 36.1. The van der Waals surface area contributed by atoms with Gasteiger partial charge >= 0.3 is 6.18 Å². The Morgan fingerprint density at radius 2 is 0.603 bits per heavy atom. The van der Waals surface area contributed by atoms with E-state index in [0.717, 1.165) is 42.1 Å². The van der Waals surface area contributed by atoms with Crippen LogP contribution >= 0.6 is 203 Å². The van der Waals surface area contributed by atoms with Gasteiger partial charge in [0.15, 0.2) is 23.1 Å². The predicted octanol–water partition coefficient (Wildman–Crippen LogP) is 17.5. The van der Waals surface area contributed by atoms with Crippen molar-refractivity contribution < 1.29 is 95.7 Å². The molecule has 11 N–H and O–H groups in total. The predicted molar refractivity (Wildman–Crippen MR) is 349 cm³/mol. The fourth-order valence-corrected chi connectivity index (χ4v) is 11.3. The second-order valence-corrected chi connectivity index (χ2v) is 24.5. The van der Waals surface area contributed by atoms with Crippen molar-refractivity contribution in [2.45, 2.75) is 6.18 Å². The molecule has 0 unspecified atom stereocenters. The van der Waals surface area contributed by atoms with E-state index in [1.807, 2.05) is 137 Å². The van der Waals surface area contributed by atoms with Gasteiger partial charge in [0, 0.05) is 10.7 Å². The summed E-state index contributed by atoms with van der Waals surface area (Å²) < 4.78 is 116. The molecule has 0 fully saturated rings. The number of benzene rings is 8. The summed E-state index contributed by atoms with van der Waals surface area (Å²) in [7, 11) is 0. The second-order valence-electron chi connectivity index (χ2n) is 13.8. The molecule has 0 aliphatic heterocycles. The minimum absolute atomic E-state index is 0.0893. The molecule has 8 aromatic rings. The summed E-state index contributed by atoms with van der Waals surface area (Å²) in [5.41, 5.74) is -0.754. The molecular formula is C49H32F9I9O11. The fourth-order valence-electron chi connectivity index (χ4n) is 4.23. The Morgan fingerprint density at radius 1 is 0.282 bits per heavy atom. The van der Waals surface area contributed by atoms with Gasteiger partial charge in [-0.05, 0) is 331 Å². The summed E-state index contributed by atoms with van der Waals surface area (Å²) in [6.07, 6.45) is -4.33. The topological polar surface area (TPSA) is 223 Å². The normalized spacial score (nSPS) is 9.97. The van der Waals surface area contributed by atoms with E-state index in [1.165, 1.54) is 60.7 Å². The van der Waals surface area contributed by atoms with Gasteiger partial charge in [-0.3, -0.25) is 0 Å². The van der Waals surface area contributed by atoms with Gasteiger partial charge in [0.2, 0.25) is 23.3 Å². The van der Waals surface area contributed by atoms with Crippen molar-refractivity contribution in [1.29, 1.82) is 0 Å². The Hall–Kier alpha value is -2.50. The highest BCUT2D eigenvalue weighted by Crippen LogP contribution is 2.34. The average molecular weight is 2110 g/mol. The number of phenolic OH excluding ortho intramolecular Hbond substituents is 11. The summed E-state index contributed by atoms with van der Waals surface area (Å²) >= 11 is 18.4. The van der Waals surface area contributed by atoms with E-state index < -0.39 is 52.3 Å². The Bertz CT molecular complexity index is 2860. The number of hydrogen-bond donors (Lipinski definition) is 11. The molecular weight excluding hydrogens is 2080 g/mol. The maximum Gasteiger partial charge on any atom is 0.416 e. The Labute approximate surface area is 560 Å². The highest BCUT2D eigenvalue weighted by atomic mass is 127. The van der Waals surface area contributed by atoms with Crippen LogP contribution in [-0.4, -0.2) is 56.2 Å². The number of phenols is 11. The molecule has 11 nitrogen and oxygen atoms in total. The number of halogens is 18. The minimum atomic E-state index is -4.33. The Balaban J connectivity index is 0.000000447. The Morgan fingerprint density at radius 3 is 0.910 bits per heavy atom. The first-order valence-corrected chi connectivity index (χ1v) is 29.5. The number of alkyl halides is 3. The third-order valence-electron chi connectivity index (χ3n) is 7.97. The van der Waals surface area contributed by atoms with Gasteiger partial charge in [0.05, 0.1) is 27.0 Å². The first-order valence-electron chi connectivity index (χ1n) is 19.8. The molecule has 29 heteroatoms. The summed E-state index contributed by atoms with van der Waals surface area (Å²) in [5.74, 6) is -11.4. The molecule has 0 aliphatic rings. The molecule has 8 rings (SSSR count). The quantitative estimate of drug-likeness (QED) is 0.0297. The van der Waals surface area contributed by atoms with E-state index in [4.69, 9.17) is 46.0 Å². The smallest absolute Gasteiger partial charge is 0.416 e. The van der Waals surface area contributed by atoms with Crippen molar-refractivity contribution >= 4 is 203 Å². The van der Waals surface area contributed by atoms with E-state index in [1.54, 1.807) is 18.2 Å². The highest BCUT2D eigenvalue weighted by Gasteiger charge is 2.30. The van der Waals surface area contributed by atoms with Crippen LogP contribution in [-0.2, 0) is 6.18 Å². The van der Waals surface area contributed by atoms with Gasteiger partial charge in [-0.15, -0.1) is 0 Å². The lowest BCUT2D eigenvalue weighted by Crippen LogP contribution is -2.03. The van der Waals surface area contributed by atoms with Crippen LogP contribution < -0.4 is 0 Å². The largest absolute Gasteiger partial charge is 0.508 e. The van der Waals surface area contributed by atoms with Crippen LogP contribution in [0.1, 0.15) is 5.56 Å². The van der Waals surface area contributed by atoms with E-state index in [-0.39, 0.29) is 46.1 Å². The Kier molecular flexibility index (Phi) is 34.1. The molecule has 8 aromatic carbocycles. The van der Waals surface area contributed by atoms with Crippen LogP contribution in [0.4, 0.5) is 39.5 Å². The number of rotatable bonds is 0. The molecule has 0 aromatic heterocycles. The monoisotopic (exact) mass is 2110 g/mol. The average Bonchev–Trinajstić information content (AvgIpc) is 3.36. The van der Waals surface area contributed by atoms with Crippen molar-refractivity contribution in [2.75, 3.05) is 0 Å². The molecule has 420 valence electrons. The molecule has 0 bridgehead atoms. The van der Waals surface area contributed by atoms with Crippen LogP contribution in [0.25, 0.3) is 0 Å². The van der Waals surface area contributed by atoms with Crippen molar-refractivity contribution in [3.05, 3.63) is 200 Å². The lowest BCUT2D eigenvalue weighted by atomic mass is 10.2. The van der Waals surface area contributed by atoms with E-state index in [2.05, 4.69) is 90.4 Å². The SMILES string of the molecule is Oc1c(F)c(F)c(O)c(F)c1F.Oc1c(I)cc(I)cc1I.Oc1cc(I)c(O)c(I)c1.Oc1cc(I)c(O)cc1I.Oc1ccc(C(F)(F)F)cc1.Oc1ccc(F)cc1.Oc1ccc(I)cc1.Oc1ccc(I)cc1F. The van der Waals surface area contributed by atoms with Crippen molar-refractivity contribution in [1.82, 2.24) is 0 Å². The molecule has 0 heterocycles. The lowest BCUT2D eigenvalue weighted by molar-refractivity contribution is -0.137. The molecule has 0 saturated carbocycles. The van der Waals surface area contributed by atoms with Crippen molar-refractivity contribution in [3.8, 4) is 63.2 Å². The minimum Gasteiger partial charge on any atom is -0.508 e. The van der Waals surface area contributed by atoms with E-state index in [0.29, 0.717) is 25.8 Å². The highest BCUT2D eigenvalue weighted by molar-refractivity contribution is 14.1. The molecule has 0 saturated heterocycles. The third kappa shape index (κ3) is 27.5. The van der Waals surface area contributed by atoms with Gasteiger partial charge in [-0.1, -0.05) is 0 Å². The van der Waals surface area contributed by atoms with Crippen LogP contribution in [0.2, 0.25) is 0 Å². The van der Waals surface area contributed by atoms with E-state index >= 15 is 0 Å². The first kappa shape index (κ1) is 73.5. The lowest BCUT2D eigenvalue weighted by Gasteiger charge is -2.04. The zero-order chi connectivity index (χ0) is 59.9. The summed E-state index contributed by atoms with van der Waals surface area (Å²) in [6, 6.07) is 29.9. The van der Waals surface area contributed by atoms with Crippen molar-refractivity contribution in [3.63, 3.8) is 0 Å². The van der Waals surface area contributed by atoms with Gasteiger partial charge in [0.1, 0.15) is 51.8 Å².